The highest BCUT2D eigenvalue weighted by molar-refractivity contribution is 9.10. The molecule has 0 saturated carbocycles. The Kier molecular flexibility index (Phi) is 2.41. The number of fused-ring (bicyclic) bond motifs is 1. The molecule has 0 nitrogen and oxygen atoms in total. The van der Waals surface area contributed by atoms with Crippen molar-refractivity contribution in [3.05, 3.63) is 75.8 Å². The Labute approximate surface area is 104 Å². The zero-order valence-electron chi connectivity index (χ0n) is 8.78. The summed E-state index contributed by atoms with van der Waals surface area (Å²) in [6, 6.07) is 17.1. The summed E-state index contributed by atoms with van der Waals surface area (Å²) in [6.45, 7) is 0. The fourth-order valence-electron chi connectivity index (χ4n) is 2.21. The largest absolute Gasteiger partial charge is 0.0716 e. The summed E-state index contributed by atoms with van der Waals surface area (Å²) >= 11 is 3.52. The van der Waals surface area contributed by atoms with Gasteiger partial charge in [0.05, 0.1) is 0 Å². The molecule has 0 aliphatic heterocycles. The quantitative estimate of drug-likeness (QED) is 0.719. The summed E-state index contributed by atoms with van der Waals surface area (Å²) < 4.78 is 1.16. The molecule has 2 aromatic carbocycles. The molecular weight excluding hydrogens is 260 g/mol. The van der Waals surface area contributed by atoms with E-state index in [0.717, 1.165) is 10.9 Å². The summed E-state index contributed by atoms with van der Waals surface area (Å²) in [5.41, 5.74) is 5.45. The monoisotopic (exact) mass is 270 g/mol. The topological polar surface area (TPSA) is 0 Å². The highest BCUT2D eigenvalue weighted by atomic mass is 79.9. The fraction of sp³-hybridized carbons (Fsp3) is 0.0667. The number of allylic oxidation sites excluding steroid dienone is 1. The first-order chi connectivity index (χ1) is 7.84. The zero-order chi connectivity index (χ0) is 11.0. The summed E-state index contributed by atoms with van der Waals surface area (Å²) in [6.07, 6.45) is 3.35. The van der Waals surface area contributed by atoms with E-state index in [9.17, 15) is 0 Å². The van der Waals surface area contributed by atoms with Crippen LogP contribution in [-0.2, 0) is 6.42 Å². The summed E-state index contributed by atoms with van der Waals surface area (Å²) in [5.74, 6) is 0. The second kappa shape index (κ2) is 3.91. The lowest BCUT2D eigenvalue weighted by atomic mass is 9.99. The van der Waals surface area contributed by atoms with Crippen LogP contribution in [0, 0.1) is 0 Å². The number of benzene rings is 2. The molecule has 1 aliphatic carbocycles. The minimum Gasteiger partial charge on any atom is -0.0716 e. The minimum absolute atomic E-state index is 1.04. The third kappa shape index (κ3) is 1.61. The van der Waals surface area contributed by atoms with Gasteiger partial charge in [-0.1, -0.05) is 58.4 Å². The molecule has 1 heteroatoms. The molecule has 0 saturated heterocycles. The van der Waals surface area contributed by atoms with E-state index < -0.39 is 0 Å². The number of halogens is 1. The summed E-state index contributed by atoms with van der Waals surface area (Å²) in [5, 5.41) is 0. The van der Waals surface area contributed by atoms with Gasteiger partial charge in [0.25, 0.3) is 0 Å². The average molecular weight is 271 g/mol. The zero-order valence-corrected chi connectivity index (χ0v) is 10.4. The third-order valence-corrected chi connectivity index (χ3v) is 3.46. The van der Waals surface area contributed by atoms with Gasteiger partial charge in [-0.05, 0) is 40.8 Å². The molecule has 0 fully saturated rings. The third-order valence-electron chi connectivity index (χ3n) is 2.97. The maximum atomic E-state index is 3.52. The Balaban J connectivity index is 2.09. The molecule has 16 heavy (non-hydrogen) atoms. The van der Waals surface area contributed by atoms with Crippen LogP contribution in [0.25, 0.3) is 5.57 Å². The first-order valence-corrected chi connectivity index (χ1v) is 6.18. The van der Waals surface area contributed by atoms with E-state index in [2.05, 4.69) is 70.5 Å². The maximum absolute atomic E-state index is 3.52. The highest BCUT2D eigenvalue weighted by Crippen LogP contribution is 2.33. The Bertz CT molecular complexity index is 553. The predicted octanol–water partition coefficient (Wildman–Crippen LogP) is 4.44. The minimum atomic E-state index is 1.04. The Hall–Kier alpha value is -1.34. The summed E-state index contributed by atoms with van der Waals surface area (Å²) in [4.78, 5) is 0. The van der Waals surface area contributed by atoms with Crippen LogP contribution < -0.4 is 0 Å². The number of hydrogen-bond donors (Lipinski definition) is 0. The SMILES string of the molecule is Brc1ccc2c(c1)CC=C2c1ccccc1. The van der Waals surface area contributed by atoms with Gasteiger partial charge in [0.2, 0.25) is 0 Å². The second-order valence-electron chi connectivity index (χ2n) is 3.99. The number of rotatable bonds is 1. The van der Waals surface area contributed by atoms with Gasteiger partial charge in [-0.2, -0.15) is 0 Å². The van der Waals surface area contributed by atoms with Crippen molar-refractivity contribution in [2.75, 3.05) is 0 Å². The molecule has 0 aromatic heterocycles. The highest BCUT2D eigenvalue weighted by Gasteiger charge is 2.14. The van der Waals surface area contributed by atoms with Crippen molar-refractivity contribution in [1.29, 1.82) is 0 Å². The fourth-order valence-corrected chi connectivity index (χ4v) is 2.62. The maximum Gasteiger partial charge on any atom is 0.0178 e. The summed E-state index contributed by atoms with van der Waals surface area (Å²) in [7, 11) is 0. The molecule has 0 radical (unpaired) electrons. The molecule has 3 rings (SSSR count). The normalized spacial score (nSPS) is 13.4. The second-order valence-corrected chi connectivity index (χ2v) is 4.91. The van der Waals surface area contributed by atoms with Gasteiger partial charge in [0, 0.05) is 4.47 Å². The first-order valence-electron chi connectivity index (χ1n) is 5.39. The molecule has 78 valence electrons. The van der Waals surface area contributed by atoms with Gasteiger partial charge in [-0.15, -0.1) is 0 Å². The van der Waals surface area contributed by atoms with Crippen molar-refractivity contribution < 1.29 is 0 Å². The first kappa shape index (κ1) is 9.86. The van der Waals surface area contributed by atoms with E-state index in [1.807, 2.05) is 0 Å². The predicted molar refractivity (Wildman–Crippen MR) is 71.4 cm³/mol. The van der Waals surface area contributed by atoms with Crippen LogP contribution in [-0.4, -0.2) is 0 Å². The lowest BCUT2D eigenvalue weighted by molar-refractivity contribution is 1.30. The molecule has 0 atom stereocenters. The Morgan fingerprint density at radius 3 is 2.56 bits per heavy atom. The van der Waals surface area contributed by atoms with Crippen molar-refractivity contribution in [3.8, 4) is 0 Å². The van der Waals surface area contributed by atoms with Crippen LogP contribution in [0.5, 0.6) is 0 Å². The van der Waals surface area contributed by atoms with Crippen LogP contribution in [0.1, 0.15) is 16.7 Å². The number of hydrogen-bond acceptors (Lipinski definition) is 0. The molecule has 0 bridgehead atoms. The molecule has 0 unspecified atom stereocenters. The van der Waals surface area contributed by atoms with Crippen LogP contribution in [0.15, 0.2) is 59.1 Å². The standard InChI is InChI=1S/C15H11Br/c16-13-7-9-15-12(10-13)6-8-14(15)11-4-2-1-3-5-11/h1-5,7-10H,6H2. The lowest BCUT2D eigenvalue weighted by Crippen LogP contribution is -1.86. The van der Waals surface area contributed by atoms with Crippen LogP contribution in [0.2, 0.25) is 0 Å². The van der Waals surface area contributed by atoms with E-state index in [4.69, 9.17) is 0 Å². The lowest BCUT2D eigenvalue weighted by Gasteiger charge is -2.06. The smallest absolute Gasteiger partial charge is 0.0178 e. The Morgan fingerprint density at radius 1 is 0.938 bits per heavy atom. The molecule has 0 amide bonds. The van der Waals surface area contributed by atoms with E-state index in [-0.39, 0.29) is 0 Å². The van der Waals surface area contributed by atoms with Gasteiger partial charge < -0.3 is 0 Å². The molecular formula is C15H11Br. The molecule has 0 N–H and O–H groups in total. The van der Waals surface area contributed by atoms with Crippen molar-refractivity contribution in [3.63, 3.8) is 0 Å². The van der Waals surface area contributed by atoms with E-state index in [1.165, 1.54) is 22.3 Å². The van der Waals surface area contributed by atoms with Gasteiger partial charge in [-0.3, -0.25) is 0 Å². The van der Waals surface area contributed by atoms with Crippen molar-refractivity contribution in [1.82, 2.24) is 0 Å². The Morgan fingerprint density at radius 2 is 1.75 bits per heavy atom. The van der Waals surface area contributed by atoms with E-state index >= 15 is 0 Å². The van der Waals surface area contributed by atoms with Crippen molar-refractivity contribution in [2.45, 2.75) is 6.42 Å². The van der Waals surface area contributed by atoms with Crippen LogP contribution >= 0.6 is 15.9 Å². The van der Waals surface area contributed by atoms with E-state index in [1.54, 1.807) is 0 Å². The van der Waals surface area contributed by atoms with Crippen LogP contribution in [0.3, 0.4) is 0 Å². The van der Waals surface area contributed by atoms with Crippen LogP contribution in [0.4, 0.5) is 0 Å². The average Bonchev–Trinajstić information content (AvgIpc) is 2.73. The van der Waals surface area contributed by atoms with E-state index in [0.29, 0.717) is 0 Å². The van der Waals surface area contributed by atoms with Crippen molar-refractivity contribution >= 4 is 21.5 Å². The molecule has 0 spiro atoms. The van der Waals surface area contributed by atoms with Gasteiger partial charge in [0.15, 0.2) is 0 Å². The van der Waals surface area contributed by atoms with Gasteiger partial charge in [0.1, 0.15) is 0 Å². The molecule has 0 heterocycles. The van der Waals surface area contributed by atoms with Gasteiger partial charge >= 0.3 is 0 Å². The van der Waals surface area contributed by atoms with Gasteiger partial charge in [-0.25, -0.2) is 0 Å². The van der Waals surface area contributed by atoms with Crippen molar-refractivity contribution in [2.24, 2.45) is 0 Å². The molecule has 1 aliphatic rings. The molecule has 2 aromatic rings.